The van der Waals surface area contributed by atoms with Crippen molar-refractivity contribution in [1.82, 2.24) is 4.98 Å². The Labute approximate surface area is 97.8 Å². The van der Waals surface area contributed by atoms with Crippen LogP contribution in [0, 0.1) is 0 Å². The molecule has 0 radical (unpaired) electrons. The van der Waals surface area contributed by atoms with Crippen molar-refractivity contribution in [1.29, 1.82) is 0 Å². The highest BCUT2D eigenvalue weighted by Gasteiger charge is 1.95. The summed E-state index contributed by atoms with van der Waals surface area (Å²) in [6.07, 6.45) is 9.00. The number of hydrogen-bond acceptors (Lipinski definition) is 4. The van der Waals surface area contributed by atoms with Gasteiger partial charge in [0.05, 0.1) is 5.03 Å². The van der Waals surface area contributed by atoms with Crippen molar-refractivity contribution in [3.63, 3.8) is 0 Å². The molecule has 0 fully saturated rings. The van der Waals surface area contributed by atoms with Crippen LogP contribution in [-0.4, -0.2) is 4.98 Å². The maximum Gasteiger partial charge on any atom is 0.107 e. The Hall–Kier alpha value is -1.13. The molecular weight excluding hydrogens is 224 g/mol. The fourth-order valence-electron chi connectivity index (χ4n) is 0.744. The van der Waals surface area contributed by atoms with Crippen LogP contribution in [0.5, 0.6) is 0 Å². The first-order valence-corrected chi connectivity index (χ1v) is 6.48. The Morgan fingerprint density at radius 3 is 2.93 bits per heavy atom. The molecule has 0 aliphatic heterocycles. The summed E-state index contributed by atoms with van der Waals surface area (Å²) in [4.78, 5) is 4.17. The third-order valence-corrected chi connectivity index (χ3v) is 3.53. The topological polar surface area (TPSA) is 38.9 Å². The number of aromatic nitrogens is 1. The number of nitrogens with two attached hydrogens (primary N) is 1. The predicted molar refractivity (Wildman–Crippen MR) is 69.3 cm³/mol. The summed E-state index contributed by atoms with van der Waals surface area (Å²) in [7, 11) is 3.03. The number of rotatable bonds is 5. The van der Waals surface area contributed by atoms with Gasteiger partial charge in [-0.05, 0) is 39.8 Å². The van der Waals surface area contributed by atoms with E-state index in [2.05, 4.69) is 11.6 Å². The zero-order chi connectivity index (χ0) is 10.9. The lowest BCUT2D eigenvalue weighted by Gasteiger charge is -1.98. The van der Waals surface area contributed by atoms with E-state index in [1.165, 1.54) is 21.6 Å². The monoisotopic (exact) mass is 236 g/mol. The molecule has 0 bridgehead atoms. The highest BCUT2D eigenvalue weighted by Crippen LogP contribution is 2.32. The molecule has 0 amide bonds. The van der Waals surface area contributed by atoms with Crippen molar-refractivity contribution >= 4 is 21.6 Å². The van der Waals surface area contributed by atoms with Crippen LogP contribution in [-0.2, 0) is 0 Å². The Kier molecular flexibility index (Phi) is 5.73. The van der Waals surface area contributed by atoms with E-state index in [0.29, 0.717) is 0 Å². The minimum absolute atomic E-state index is 0.740. The van der Waals surface area contributed by atoms with E-state index in [0.717, 1.165) is 10.1 Å². The SMILES string of the molecule is C=C/C=C\C=C(/N)SSc1ccccn1. The van der Waals surface area contributed by atoms with Gasteiger partial charge in [-0.25, -0.2) is 4.98 Å². The first kappa shape index (κ1) is 11.9. The van der Waals surface area contributed by atoms with Crippen LogP contribution in [0.2, 0.25) is 0 Å². The Morgan fingerprint density at radius 2 is 2.27 bits per heavy atom. The van der Waals surface area contributed by atoms with Gasteiger partial charge in [0.15, 0.2) is 0 Å². The van der Waals surface area contributed by atoms with Crippen LogP contribution in [0.4, 0.5) is 0 Å². The number of hydrogen-bond donors (Lipinski definition) is 1. The van der Waals surface area contributed by atoms with Crippen molar-refractivity contribution < 1.29 is 0 Å². The molecule has 0 aliphatic rings. The summed E-state index contributed by atoms with van der Waals surface area (Å²) in [5, 5.41) is 1.69. The summed E-state index contributed by atoms with van der Waals surface area (Å²) >= 11 is 0. The second-order valence-electron chi connectivity index (χ2n) is 2.52. The standard InChI is InChI=1S/C11H12N2S2/c1-2-3-4-7-10(12)14-15-11-8-5-6-9-13-11/h2-9H,1,12H2/b4-3-,10-7+. The summed E-state index contributed by atoms with van der Waals surface area (Å²) in [6, 6.07) is 5.79. The number of allylic oxidation sites excluding steroid dienone is 4. The van der Waals surface area contributed by atoms with Crippen molar-refractivity contribution in [3.8, 4) is 0 Å². The van der Waals surface area contributed by atoms with Crippen molar-refractivity contribution in [2.24, 2.45) is 5.73 Å². The first-order valence-electron chi connectivity index (χ1n) is 4.33. The van der Waals surface area contributed by atoms with Gasteiger partial charge in [0.25, 0.3) is 0 Å². The van der Waals surface area contributed by atoms with E-state index in [9.17, 15) is 0 Å². The van der Waals surface area contributed by atoms with E-state index < -0.39 is 0 Å². The van der Waals surface area contributed by atoms with Gasteiger partial charge >= 0.3 is 0 Å². The average Bonchev–Trinajstić information content (AvgIpc) is 2.28. The molecule has 1 heterocycles. The van der Waals surface area contributed by atoms with Crippen LogP contribution in [0.25, 0.3) is 0 Å². The molecule has 2 N–H and O–H groups in total. The predicted octanol–water partition coefficient (Wildman–Crippen LogP) is 3.36. The minimum atomic E-state index is 0.740. The molecule has 1 aromatic rings. The third-order valence-electron chi connectivity index (χ3n) is 1.37. The van der Waals surface area contributed by atoms with E-state index in [1.807, 2.05) is 36.4 Å². The molecule has 1 aromatic heterocycles. The summed E-state index contributed by atoms with van der Waals surface area (Å²) < 4.78 is 0. The minimum Gasteiger partial charge on any atom is -0.393 e. The van der Waals surface area contributed by atoms with Gasteiger partial charge in [-0.2, -0.15) is 0 Å². The molecule has 0 unspecified atom stereocenters. The first-order chi connectivity index (χ1) is 7.33. The highest BCUT2D eigenvalue weighted by atomic mass is 33.1. The summed E-state index contributed by atoms with van der Waals surface area (Å²) in [6.45, 7) is 3.57. The molecule has 2 nitrogen and oxygen atoms in total. The molecule has 0 aliphatic carbocycles. The smallest absolute Gasteiger partial charge is 0.107 e. The Bertz CT molecular complexity index is 358. The molecule has 0 aromatic carbocycles. The van der Waals surface area contributed by atoms with Crippen LogP contribution >= 0.6 is 21.6 Å². The van der Waals surface area contributed by atoms with E-state index in [4.69, 9.17) is 5.73 Å². The van der Waals surface area contributed by atoms with Gasteiger partial charge in [-0.15, -0.1) is 0 Å². The van der Waals surface area contributed by atoms with Gasteiger partial charge < -0.3 is 5.73 Å². The molecule has 0 saturated carbocycles. The fraction of sp³-hybridized carbons (Fsp3) is 0. The molecular formula is C11H12N2S2. The Morgan fingerprint density at radius 1 is 1.40 bits per heavy atom. The zero-order valence-corrected chi connectivity index (χ0v) is 9.80. The lowest BCUT2D eigenvalue weighted by atomic mass is 10.5. The molecule has 78 valence electrons. The second kappa shape index (κ2) is 7.20. The van der Waals surface area contributed by atoms with Gasteiger partial charge in [0, 0.05) is 6.20 Å². The summed E-state index contributed by atoms with van der Waals surface area (Å²) in [5.41, 5.74) is 5.75. The third kappa shape index (κ3) is 5.34. The van der Waals surface area contributed by atoms with Gasteiger partial charge in [0.2, 0.25) is 0 Å². The lowest BCUT2D eigenvalue weighted by Crippen LogP contribution is -1.88. The maximum absolute atomic E-state index is 5.75. The number of pyridine rings is 1. The molecule has 0 spiro atoms. The van der Waals surface area contributed by atoms with Crippen molar-refractivity contribution in [3.05, 3.63) is 60.3 Å². The van der Waals surface area contributed by atoms with Crippen molar-refractivity contribution in [2.75, 3.05) is 0 Å². The van der Waals surface area contributed by atoms with Crippen LogP contribution < -0.4 is 5.73 Å². The highest BCUT2D eigenvalue weighted by molar-refractivity contribution is 8.78. The zero-order valence-electron chi connectivity index (χ0n) is 8.17. The van der Waals surface area contributed by atoms with Crippen molar-refractivity contribution in [2.45, 2.75) is 5.03 Å². The van der Waals surface area contributed by atoms with E-state index in [-0.39, 0.29) is 0 Å². The van der Waals surface area contributed by atoms with Crippen LogP contribution in [0.3, 0.4) is 0 Å². The van der Waals surface area contributed by atoms with E-state index >= 15 is 0 Å². The normalized spacial score (nSPS) is 11.9. The molecule has 4 heteroatoms. The second-order valence-corrected chi connectivity index (χ2v) is 4.75. The lowest BCUT2D eigenvalue weighted by molar-refractivity contribution is 1.14. The average molecular weight is 236 g/mol. The van der Waals surface area contributed by atoms with Gasteiger partial charge in [-0.3, -0.25) is 0 Å². The molecule has 0 atom stereocenters. The quantitative estimate of drug-likeness (QED) is 0.628. The number of nitrogens with zero attached hydrogens (tertiary/aromatic N) is 1. The maximum atomic E-state index is 5.75. The van der Waals surface area contributed by atoms with Crippen LogP contribution in [0.15, 0.2) is 65.3 Å². The summed E-state index contributed by atoms with van der Waals surface area (Å²) in [5.74, 6) is 0. The van der Waals surface area contributed by atoms with Crippen LogP contribution in [0.1, 0.15) is 0 Å². The molecule has 15 heavy (non-hydrogen) atoms. The molecule has 0 saturated heterocycles. The largest absolute Gasteiger partial charge is 0.393 e. The molecule has 1 rings (SSSR count). The fourth-order valence-corrected chi connectivity index (χ4v) is 2.30. The van der Waals surface area contributed by atoms with Gasteiger partial charge in [-0.1, -0.05) is 30.9 Å². The van der Waals surface area contributed by atoms with Gasteiger partial charge in [0.1, 0.15) is 5.03 Å². The Balaban J connectivity index is 2.40. The van der Waals surface area contributed by atoms with E-state index in [1.54, 1.807) is 12.3 Å².